The lowest BCUT2D eigenvalue weighted by Gasteiger charge is -2.39. The number of carbonyl (C=O) groups excluding carboxylic acids is 2. The van der Waals surface area contributed by atoms with Gasteiger partial charge in [0.15, 0.2) is 0 Å². The summed E-state index contributed by atoms with van der Waals surface area (Å²) in [6, 6.07) is 21.7. The largest absolute Gasteiger partial charge is 0.489 e. The van der Waals surface area contributed by atoms with Crippen LogP contribution in [-0.4, -0.2) is 30.8 Å². The second-order valence-corrected chi connectivity index (χ2v) is 12.4. The fourth-order valence-electron chi connectivity index (χ4n) is 5.68. The predicted octanol–water partition coefficient (Wildman–Crippen LogP) is 8.41. The first-order valence-electron chi connectivity index (χ1n) is 14.2. The Kier molecular flexibility index (Phi) is 8.59. The van der Waals surface area contributed by atoms with Crippen LogP contribution in [0, 0.1) is 0 Å². The van der Waals surface area contributed by atoms with E-state index in [2.05, 4.69) is 26.9 Å². The van der Waals surface area contributed by atoms with Crippen molar-refractivity contribution in [1.29, 1.82) is 0 Å². The van der Waals surface area contributed by atoms with E-state index in [1.807, 2.05) is 69.3 Å². The van der Waals surface area contributed by atoms with Gasteiger partial charge in [-0.3, -0.25) is 4.90 Å². The van der Waals surface area contributed by atoms with Gasteiger partial charge >= 0.3 is 12.1 Å². The van der Waals surface area contributed by atoms with Crippen LogP contribution in [0.2, 0.25) is 0 Å². The highest BCUT2D eigenvalue weighted by Gasteiger charge is 2.44. The molecule has 0 radical (unpaired) electrons. The summed E-state index contributed by atoms with van der Waals surface area (Å²) in [6.45, 7) is 5.81. The Morgan fingerprint density at radius 1 is 0.927 bits per heavy atom. The SMILES string of the molecule is COC(=O)N1c2ccccc2N(C2CCCCC2)C1c1ccc(OCc2cc(C(=O)OC(C)(C)C)ccc2Br)cc1. The molecule has 1 saturated carbocycles. The van der Waals surface area contributed by atoms with Gasteiger partial charge < -0.3 is 19.1 Å². The van der Waals surface area contributed by atoms with Crippen LogP contribution in [0.25, 0.3) is 0 Å². The summed E-state index contributed by atoms with van der Waals surface area (Å²) in [4.78, 5) is 29.8. The Bertz CT molecular complexity index is 1400. The van der Waals surface area contributed by atoms with Gasteiger partial charge in [-0.05, 0) is 81.6 Å². The van der Waals surface area contributed by atoms with Crippen molar-refractivity contribution in [2.75, 3.05) is 16.9 Å². The van der Waals surface area contributed by atoms with E-state index in [4.69, 9.17) is 14.2 Å². The molecule has 216 valence electrons. The maximum Gasteiger partial charge on any atom is 0.416 e. The van der Waals surface area contributed by atoms with Gasteiger partial charge in [0.1, 0.15) is 24.1 Å². The minimum Gasteiger partial charge on any atom is -0.489 e. The van der Waals surface area contributed by atoms with Crippen LogP contribution >= 0.6 is 15.9 Å². The van der Waals surface area contributed by atoms with E-state index in [-0.39, 0.29) is 24.8 Å². The number of benzene rings is 3. The minimum atomic E-state index is -0.570. The molecule has 3 aromatic carbocycles. The number of ether oxygens (including phenoxy) is 3. The summed E-state index contributed by atoms with van der Waals surface area (Å²) in [5.74, 6) is 0.318. The smallest absolute Gasteiger partial charge is 0.416 e. The standard InChI is InChI=1S/C33H37BrN2O5/c1-33(2,3)41-31(37)23-16-19-27(34)24(20-23)21-40-26-17-14-22(15-18-26)30-35(25-10-6-5-7-11-25)28-12-8-9-13-29(28)36(30)32(38)39-4/h8-9,12-20,25,30H,5-7,10-11,21H2,1-4H3. The predicted molar refractivity (Wildman–Crippen MR) is 164 cm³/mol. The zero-order chi connectivity index (χ0) is 29.1. The molecular weight excluding hydrogens is 584 g/mol. The zero-order valence-corrected chi connectivity index (χ0v) is 25.6. The molecule has 0 aromatic heterocycles. The number of rotatable bonds is 6. The van der Waals surface area contributed by atoms with E-state index in [1.165, 1.54) is 26.4 Å². The summed E-state index contributed by atoms with van der Waals surface area (Å²) in [7, 11) is 1.43. The Morgan fingerprint density at radius 2 is 1.61 bits per heavy atom. The third-order valence-electron chi connectivity index (χ3n) is 7.52. The van der Waals surface area contributed by atoms with Crippen molar-refractivity contribution in [3.8, 4) is 5.75 Å². The van der Waals surface area contributed by atoms with Crippen LogP contribution in [0.3, 0.4) is 0 Å². The van der Waals surface area contributed by atoms with E-state index in [9.17, 15) is 9.59 Å². The van der Waals surface area contributed by atoms with Crippen molar-refractivity contribution < 1.29 is 23.8 Å². The van der Waals surface area contributed by atoms with Crippen LogP contribution in [0.15, 0.2) is 71.2 Å². The summed E-state index contributed by atoms with van der Waals surface area (Å²) >= 11 is 3.57. The molecule has 1 aliphatic carbocycles. The number of fused-ring (bicyclic) bond motifs is 1. The highest BCUT2D eigenvalue weighted by atomic mass is 79.9. The van der Waals surface area contributed by atoms with Gasteiger partial charge in [0.05, 0.1) is 24.0 Å². The molecule has 3 aromatic rings. The van der Waals surface area contributed by atoms with Crippen molar-refractivity contribution >= 4 is 39.4 Å². The van der Waals surface area contributed by atoms with Gasteiger partial charge in [0, 0.05) is 16.1 Å². The van der Waals surface area contributed by atoms with E-state index >= 15 is 0 Å². The molecule has 5 rings (SSSR count). The Morgan fingerprint density at radius 3 is 2.27 bits per heavy atom. The van der Waals surface area contributed by atoms with Crippen molar-refractivity contribution in [3.63, 3.8) is 0 Å². The molecule has 1 aliphatic heterocycles. The molecule has 0 N–H and O–H groups in total. The van der Waals surface area contributed by atoms with E-state index in [0.717, 1.165) is 39.8 Å². The summed E-state index contributed by atoms with van der Waals surface area (Å²) in [6.07, 6.45) is 5.13. The van der Waals surface area contributed by atoms with E-state index in [1.54, 1.807) is 17.0 Å². The lowest BCUT2D eigenvalue weighted by Crippen LogP contribution is -2.44. The van der Waals surface area contributed by atoms with E-state index in [0.29, 0.717) is 17.4 Å². The summed E-state index contributed by atoms with van der Waals surface area (Å²) < 4.78 is 17.7. The number of methoxy groups -OCH3 is 1. The maximum atomic E-state index is 13.1. The number of nitrogens with zero attached hydrogens (tertiary/aromatic N) is 2. The fourth-order valence-corrected chi connectivity index (χ4v) is 6.04. The number of hydrogen-bond acceptors (Lipinski definition) is 6. The van der Waals surface area contributed by atoms with Gasteiger partial charge in [0.2, 0.25) is 0 Å². The average Bonchev–Trinajstić information content (AvgIpc) is 3.31. The second-order valence-electron chi connectivity index (χ2n) is 11.6. The molecule has 0 saturated heterocycles. The number of hydrogen-bond donors (Lipinski definition) is 0. The van der Waals surface area contributed by atoms with Crippen molar-refractivity contribution in [1.82, 2.24) is 0 Å². The van der Waals surface area contributed by atoms with Crippen molar-refractivity contribution in [2.45, 2.75) is 77.3 Å². The molecule has 7 nitrogen and oxygen atoms in total. The molecule has 1 amide bonds. The van der Waals surface area contributed by atoms with E-state index < -0.39 is 5.60 Å². The number of carbonyl (C=O) groups is 2. The molecule has 1 atom stereocenters. The first kappa shape index (κ1) is 29.0. The average molecular weight is 622 g/mol. The van der Waals surface area contributed by atoms with Gasteiger partial charge in [-0.25, -0.2) is 9.59 Å². The quantitative estimate of drug-likeness (QED) is 0.258. The molecule has 1 heterocycles. The third kappa shape index (κ3) is 6.38. The molecule has 1 unspecified atom stereocenters. The Labute approximate surface area is 250 Å². The van der Waals surface area contributed by atoms with Crippen molar-refractivity contribution in [2.24, 2.45) is 0 Å². The third-order valence-corrected chi connectivity index (χ3v) is 8.29. The molecule has 0 bridgehead atoms. The second kappa shape index (κ2) is 12.1. The van der Waals surface area contributed by atoms with Crippen LogP contribution < -0.4 is 14.5 Å². The molecule has 0 spiro atoms. The van der Waals surface area contributed by atoms with Gasteiger partial charge in [-0.2, -0.15) is 0 Å². The van der Waals surface area contributed by atoms with Crippen LogP contribution in [-0.2, 0) is 16.1 Å². The molecular formula is C33H37BrN2O5. The minimum absolute atomic E-state index is 0.272. The van der Waals surface area contributed by atoms with Crippen LogP contribution in [0.4, 0.5) is 16.2 Å². The first-order chi connectivity index (χ1) is 19.7. The highest BCUT2D eigenvalue weighted by Crippen LogP contribution is 2.49. The van der Waals surface area contributed by atoms with Crippen LogP contribution in [0.1, 0.15) is 80.5 Å². The Hall–Kier alpha value is -3.52. The number of esters is 1. The number of amides is 1. The number of para-hydroxylation sites is 2. The van der Waals surface area contributed by atoms with Gasteiger partial charge in [-0.1, -0.05) is 59.5 Å². The van der Waals surface area contributed by atoms with Gasteiger partial charge in [-0.15, -0.1) is 0 Å². The lowest BCUT2D eigenvalue weighted by molar-refractivity contribution is 0.00692. The first-order valence-corrected chi connectivity index (χ1v) is 14.9. The molecule has 41 heavy (non-hydrogen) atoms. The fraction of sp³-hybridized carbons (Fsp3) is 0.394. The van der Waals surface area contributed by atoms with Crippen LogP contribution in [0.5, 0.6) is 5.75 Å². The zero-order valence-electron chi connectivity index (χ0n) is 24.1. The molecule has 2 aliphatic rings. The molecule has 1 fully saturated rings. The van der Waals surface area contributed by atoms with Gasteiger partial charge in [0.25, 0.3) is 0 Å². The highest BCUT2D eigenvalue weighted by molar-refractivity contribution is 9.10. The maximum absolute atomic E-state index is 13.1. The molecule has 8 heteroatoms. The van der Waals surface area contributed by atoms with Crippen molar-refractivity contribution in [3.05, 3.63) is 87.9 Å². The number of halogens is 1. The Balaban J connectivity index is 1.38. The number of anilines is 2. The monoisotopic (exact) mass is 620 g/mol. The topological polar surface area (TPSA) is 68.3 Å². The summed E-state index contributed by atoms with van der Waals surface area (Å²) in [5.41, 5.74) is 3.65. The summed E-state index contributed by atoms with van der Waals surface area (Å²) in [5, 5.41) is 0. The lowest BCUT2D eigenvalue weighted by atomic mass is 9.93. The normalized spacial score (nSPS) is 17.2.